The van der Waals surface area contributed by atoms with Crippen LogP contribution in [-0.4, -0.2) is 18.4 Å². The molecule has 0 fully saturated rings. The minimum absolute atomic E-state index is 0.188. The van der Waals surface area contributed by atoms with Gasteiger partial charge in [0.1, 0.15) is 0 Å². The first-order valence-corrected chi connectivity index (χ1v) is 7.82. The molecular formula is C16H19N3OS. The van der Waals surface area contributed by atoms with Crippen molar-refractivity contribution < 1.29 is 4.79 Å². The van der Waals surface area contributed by atoms with Gasteiger partial charge in [0.15, 0.2) is 5.96 Å². The number of guanidine groups is 1. The first kappa shape index (κ1) is 15.3. The van der Waals surface area contributed by atoms with Crippen molar-refractivity contribution >= 4 is 23.2 Å². The summed E-state index contributed by atoms with van der Waals surface area (Å²) in [5.74, 6) is -0.0105. The Balaban J connectivity index is 1.66. The van der Waals surface area contributed by atoms with Crippen molar-refractivity contribution in [1.82, 2.24) is 5.32 Å². The Bertz CT molecular complexity index is 579. The second-order valence-corrected chi connectivity index (χ2v) is 5.59. The summed E-state index contributed by atoms with van der Waals surface area (Å²) < 4.78 is 0. The maximum atomic E-state index is 11.7. The Morgan fingerprint density at radius 3 is 2.67 bits per heavy atom. The molecule has 3 N–H and O–H groups in total. The highest BCUT2D eigenvalue weighted by molar-refractivity contribution is 7.12. The summed E-state index contributed by atoms with van der Waals surface area (Å²) in [5.41, 5.74) is 7.03. The zero-order chi connectivity index (χ0) is 14.9. The van der Waals surface area contributed by atoms with Crippen molar-refractivity contribution in [2.24, 2.45) is 10.7 Å². The molecule has 0 aliphatic rings. The lowest BCUT2D eigenvalue weighted by Crippen LogP contribution is -2.36. The van der Waals surface area contributed by atoms with Gasteiger partial charge in [-0.15, -0.1) is 11.3 Å². The van der Waals surface area contributed by atoms with Crippen molar-refractivity contribution in [3.63, 3.8) is 0 Å². The number of aliphatic imine (C=N–C) groups is 1. The molecule has 0 atom stereocenters. The van der Waals surface area contributed by atoms with Gasteiger partial charge < -0.3 is 5.73 Å². The third-order valence-corrected chi connectivity index (χ3v) is 3.85. The van der Waals surface area contributed by atoms with Gasteiger partial charge in [-0.3, -0.25) is 15.1 Å². The number of carbonyl (C=O) groups is 1. The van der Waals surface area contributed by atoms with Gasteiger partial charge in [-0.05, 0) is 36.3 Å². The Labute approximate surface area is 128 Å². The second kappa shape index (κ2) is 8.21. The van der Waals surface area contributed by atoms with Crippen LogP contribution in [0.4, 0.5) is 0 Å². The van der Waals surface area contributed by atoms with Crippen LogP contribution in [-0.2, 0) is 6.42 Å². The fraction of sp³-hybridized carbons (Fsp3) is 0.250. The molecule has 1 amide bonds. The summed E-state index contributed by atoms with van der Waals surface area (Å²) in [6.07, 6.45) is 3.04. The normalized spacial score (nSPS) is 11.3. The molecule has 0 bridgehead atoms. The van der Waals surface area contributed by atoms with E-state index in [-0.39, 0.29) is 11.9 Å². The van der Waals surface area contributed by atoms with Crippen LogP contribution >= 0.6 is 11.3 Å². The zero-order valence-electron chi connectivity index (χ0n) is 11.8. The average molecular weight is 301 g/mol. The summed E-state index contributed by atoms with van der Waals surface area (Å²) in [6.45, 7) is 0.628. The molecule has 21 heavy (non-hydrogen) atoms. The highest BCUT2D eigenvalue weighted by Gasteiger charge is 2.06. The van der Waals surface area contributed by atoms with E-state index in [2.05, 4.69) is 22.4 Å². The van der Waals surface area contributed by atoms with Crippen molar-refractivity contribution in [3.05, 3.63) is 58.3 Å². The topological polar surface area (TPSA) is 67.5 Å². The number of amides is 1. The van der Waals surface area contributed by atoms with Crippen LogP contribution in [0.15, 0.2) is 52.8 Å². The Kier molecular flexibility index (Phi) is 5.97. The quantitative estimate of drug-likeness (QED) is 0.489. The molecule has 0 unspecified atom stereocenters. The molecule has 2 rings (SSSR count). The van der Waals surface area contributed by atoms with E-state index in [0.717, 1.165) is 19.3 Å². The molecule has 5 heteroatoms. The monoisotopic (exact) mass is 301 g/mol. The minimum atomic E-state index is -0.199. The van der Waals surface area contributed by atoms with E-state index in [1.807, 2.05) is 29.6 Å². The smallest absolute Gasteiger partial charge is 0.268 e. The first-order valence-electron chi connectivity index (χ1n) is 6.94. The fourth-order valence-electron chi connectivity index (χ4n) is 1.91. The highest BCUT2D eigenvalue weighted by atomic mass is 32.1. The fourth-order valence-corrected chi connectivity index (χ4v) is 2.53. The van der Waals surface area contributed by atoms with Gasteiger partial charge in [0.25, 0.3) is 5.91 Å². The maximum Gasteiger partial charge on any atom is 0.268 e. The van der Waals surface area contributed by atoms with Crippen LogP contribution in [0, 0.1) is 0 Å². The van der Waals surface area contributed by atoms with E-state index in [4.69, 9.17) is 5.73 Å². The largest absolute Gasteiger partial charge is 0.370 e. The minimum Gasteiger partial charge on any atom is -0.370 e. The van der Waals surface area contributed by atoms with E-state index < -0.39 is 0 Å². The number of rotatable bonds is 6. The van der Waals surface area contributed by atoms with Crippen LogP contribution in [0.3, 0.4) is 0 Å². The Hall–Kier alpha value is -2.14. The van der Waals surface area contributed by atoms with Crippen molar-refractivity contribution in [3.8, 4) is 0 Å². The van der Waals surface area contributed by atoms with Crippen LogP contribution < -0.4 is 11.1 Å². The second-order valence-electron chi connectivity index (χ2n) is 4.64. The van der Waals surface area contributed by atoms with Crippen LogP contribution in [0.25, 0.3) is 0 Å². The molecular weight excluding hydrogens is 282 g/mol. The molecule has 1 aromatic carbocycles. The van der Waals surface area contributed by atoms with Crippen molar-refractivity contribution in [1.29, 1.82) is 0 Å². The molecule has 110 valence electrons. The number of nitrogens with one attached hydrogen (secondary N) is 1. The standard InChI is InChI=1S/C16H19N3OS/c17-16(19-15(20)14-10-6-12-21-14)18-11-5-4-9-13-7-2-1-3-8-13/h1-3,6-8,10,12H,4-5,9,11H2,(H3,17,18,19,20). The summed E-state index contributed by atoms with van der Waals surface area (Å²) in [4.78, 5) is 16.5. The molecule has 0 saturated carbocycles. The van der Waals surface area contributed by atoms with Gasteiger partial charge in [0, 0.05) is 6.54 Å². The molecule has 4 nitrogen and oxygen atoms in total. The molecule has 0 spiro atoms. The van der Waals surface area contributed by atoms with Gasteiger partial charge >= 0.3 is 0 Å². The summed E-state index contributed by atoms with van der Waals surface area (Å²) in [6, 6.07) is 13.9. The van der Waals surface area contributed by atoms with Gasteiger partial charge in [-0.25, -0.2) is 0 Å². The number of nitrogens with zero attached hydrogens (tertiary/aromatic N) is 1. The summed E-state index contributed by atoms with van der Waals surface area (Å²) >= 11 is 1.38. The number of nitrogens with two attached hydrogens (primary N) is 1. The van der Waals surface area contributed by atoms with Gasteiger partial charge in [0.05, 0.1) is 4.88 Å². The molecule has 2 aromatic rings. The van der Waals surface area contributed by atoms with Crippen molar-refractivity contribution in [2.45, 2.75) is 19.3 Å². The molecule has 1 aromatic heterocycles. The lowest BCUT2D eigenvalue weighted by molar-refractivity contribution is 0.0980. The van der Waals surface area contributed by atoms with E-state index in [1.54, 1.807) is 6.07 Å². The SMILES string of the molecule is NC(=NCCCCc1ccccc1)NC(=O)c1cccs1. The summed E-state index contributed by atoms with van der Waals surface area (Å²) in [7, 11) is 0. The lowest BCUT2D eigenvalue weighted by atomic mass is 10.1. The predicted octanol–water partition coefficient (Wildman–Crippen LogP) is 2.82. The lowest BCUT2D eigenvalue weighted by Gasteiger charge is -2.03. The number of thiophene rings is 1. The third kappa shape index (κ3) is 5.39. The van der Waals surface area contributed by atoms with Gasteiger partial charge in [0.2, 0.25) is 0 Å². The number of unbranched alkanes of at least 4 members (excludes halogenated alkanes) is 1. The number of aryl methyl sites for hydroxylation is 1. The van der Waals surface area contributed by atoms with E-state index in [1.165, 1.54) is 16.9 Å². The Morgan fingerprint density at radius 1 is 1.14 bits per heavy atom. The van der Waals surface area contributed by atoms with Crippen LogP contribution in [0.5, 0.6) is 0 Å². The third-order valence-electron chi connectivity index (χ3n) is 2.99. The average Bonchev–Trinajstić information content (AvgIpc) is 3.02. The van der Waals surface area contributed by atoms with Crippen LogP contribution in [0.1, 0.15) is 28.1 Å². The highest BCUT2D eigenvalue weighted by Crippen LogP contribution is 2.07. The maximum absolute atomic E-state index is 11.7. The molecule has 0 aliphatic carbocycles. The van der Waals surface area contributed by atoms with Crippen LogP contribution in [0.2, 0.25) is 0 Å². The number of carbonyl (C=O) groups excluding carboxylic acids is 1. The van der Waals surface area contributed by atoms with E-state index in [9.17, 15) is 4.79 Å². The van der Waals surface area contributed by atoms with Gasteiger partial charge in [-0.1, -0.05) is 36.4 Å². The molecule has 1 heterocycles. The Morgan fingerprint density at radius 2 is 1.95 bits per heavy atom. The zero-order valence-corrected chi connectivity index (χ0v) is 12.6. The van der Waals surface area contributed by atoms with Crippen molar-refractivity contribution in [2.75, 3.05) is 6.54 Å². The van der Waals surface area contributed by atoms with E-state index >= 15 is 0 Å². The summed E-state index contributed by atoms with van der Waals surface area (Å²) in [5, 5.41) is 4.44. The molecule has 0 saturated heterocycles. The van der Waals surface area contributed by atoms with E-state index in [0.29, 0.717) is 11.4 Å². The predicted molar refractivity (Wildman–Crippen MR) is 87.7 cm³/mol. The molecule has 0 radical (unpaired) electrons. The number of benzene rings is 1. The van der Waals surface area contributed by atoms with Gasteiger partial charge in [-0.2, -0.15) is 0 Å². The molecule has 0 aliphatic heterocycles. The number of hydrogen-bond acceptors (Lipinski definition) is 3. The number of hydrogen-bond donors (Lipinski definition) is 2. The first-order chi connectivity index (χ1) is 10.3.